The fraction of sp³-hybridized carbons (Fsp3) is 0.143. The topological polar surface area (TPSA) is 0 Å². The maximum atomic E-state index is 12.9. The first-order valence-corrected chi connectivity index (χ1v) is 6.79. The normalized spacial score (nSPS) is 11.9. The van der Waals surface area contributed by atoms with Crippen LogP contribution in [-0.4, -0.2) is 0 Å². The van der Waals surface area contributed by atoms with E-state index in [1.165, 1.54) is 36.4 Å². The van der Waals surface area contributed by atoms with Crippen LogP contribution in [0.4, 0.5) is 26.3 Å². The summed E-state index contributed by atoms with van der Waals surface area (Å²) in [5.41, 5.74) is -1.80. The molecule has 120 valence electrons. The Kier molecular flexibility index (Phi) is 5.88. The Morgan fingerprint density at radius 3 is 1.23 bits per heavy atom. The molecule has 0 aliphatic carbocycles. The molecule has 0 bridgehead atoms. The Balaban J connectivity index is 0.00000242. The zero-order chi connectivity index (χ0) is 15.7. The molecule has 0 saturated heterocycles. The molecular formula is C14H10ClF6P. The molecule has 22 heavy (non-hydrogen) atoms. The minimum Gasteiger partial charge on any atom is -0.166 e. The first-order valence-electron chi connectivity index (χ1n) is 5.79. The van der Waals surface area contributed by atoms with Crippen LogP contribution >= 0.6 is 21.0 Å². The van der Waals surface area contributed by atoms with Gasteiger partial charge >= 0.3 is 12.4 Å². The van der Waals surface area contributed by atoms with Gasteiger partial charge in [0.25, 0.3) is 0 Å². The van der Waals surface area contributed by atoms with Gasteiger partial charge in [-0.3, -0.25) is 0 Å². The van der Waals surface area contributed by atoms with Gasteiger partial charge in [-0.1, -0.05) is 45.0 Å². The summed E-state index contributed by atoms with van der Waals surface area (Å²) in [6, 6.07) is 9.35. The molecule has 0 nitrogen and oxygen atoms in total. The van der Waals surface area contributed by atoms with Crippen LogP contribution in [0.3, 0.4) is 0 Å². The fourth-order valence-corrected chi connectivity index (χ4v) is 3.19. The summed E-state index contributed by atoms with van der Waals surface area (Å²) in [6.07, 6.45) is -9.17. The second-order valence-electron chi connectivity index (χ2n) is 4.21. The molecule has 0 atom stereocenters. The lowest BCUT2D eigenvalue weighted by atomic mass is 10.2. The standard InChI is InChI=1S/C14H9F6P.ClH/c15-13(16,17)9-5-1-3-7-11(9)21-12-8-4-2-6-10(12)14(18,19)20;/h1-8,21H;1H. The van der Waals surface area contributed by atoms with Gasteiger partial charge in [-0.2, -0.15) is 26.3 Å². The van der Waals surface area contributed by atoms with E-state index in [1.807, 2.05) is 0 Å². The number of halogens is 7. The first kappa shape index (κ1) is 18.8. The van der Waals surface area contributed by atoms with Crippen LogP contribution in [0.25, 0.3) is 0 Å². The molecule has 2 rings (SSSR count). The molecule has 0 aromatic heterocycles. The Hall–Kier alpha value is -1.26. The van der Waals surface area contributed by atoms with E-state index in [9.17, 15) is 26.3 Å². The largest absolute Gasteiger partial charge is 0.417 e. The minimum absolute atomic E-state index is 0. The van der Waals surface area contributed by atoms with Gasteiger partial charge in [0.1, 0.15) is 0 Å². The van der Waals surface area contributed by atoms with Crippen molar-refractivity contribution in [2.75, 3.05) is 0 Å². The second kappa shape index (κ2) is 6.88. The highest BCUT2D eigenvalue weighted by atomic mass is 35.5. The van der Waals surface area contributed by atoms with E-state index in [1.54, 1.807) is 0 Å². The van der Waals surface area contributed by atoms with Crippen molar-refractivity contribution in [2.45, 2.75) is 12.4 Å². The number of benzene rings is 2. The predicted octanol–water partition coefficient (Wildman–Crippen LogP) is 4.78. The quantitative estimate of drug-likeness (QED) is 0.535. The zero-order valence-corrected chi connectivity index (χ0v) is 12.6. The Bertz CT molecular complexity index is 580. The molecule has 2 aromatic rings. The maximum Gasteiger partial charge on any atom is 0.417 e. The van der Waals surface area contributed by atoms with Gasteiger partial charge in [0, 0.05) is 0 Å². The summed E-state index contributed by atoms with van der Waals surface area (Å²) >= 11 is 0. The highest BCUT2D eigenvalue weighted by molar-refractivity contribution is 7.55. The number of rotatable bonds is 2. The molecule has 8 heteroatoms. The number of hydrogen-bond acceptors (Lipinski definition) is 0. The van der Waals surface area contributed by atoms with Crippen LogP contribution in [0.2, 0.25) is 0 Å². The molecule has 0 amide bonds. The van der Waals surface area contributed by atoms with Gasteiger partial charge in [-0.15, -0.1) is 12.4 Å². The molecular weight excluding hydrogens is 349 g/mol. The first-order chi connectivity index (χ1) is 9.69. The van der Waals surface area contributed by atoms with Crippen LogP contribution < -0.4 is 10.6 Å². The molecule has 0 fully saturated rings. The minimum atomic E-state index is -4.59. The average molecular weight is 359 g/mol. The van der Waals surface area contributed by atoms with Gasteiger partial charge in [-0.05, 0) is 22.7 Å². The van der Waals surface area contributed by atoms with Gasteiger partial charge in [0.05, 0.1) is 11.1 Å². The van der Waals surface area contributed by atoms with E-state index in [-0.39, 0.29) is 23.0 Å². The van der Waals surface area contributed by atoms with E-state index in [0.29, 0.717) is 0 Å². The van der Waals surface area contributed by atoms with Crippen LogP contribution in [0.1, 0.15) is 11.1 Å². The van der Waals surface area contributed by atoms with E-state index in [4.69, 9.17) is 0 Å². The van der Waals surface area contributed by atoms with Crippen molar-refractivity contribution < 1.29 is 26.3 Å². The third-order valence-electron chi connectivity index (χ3n) is 2.73. The third-order valence-corrected chi connectivity index (χ3v) is 4.14. The lowest BCUT2D eigenvalue weighted by Gasteiger charge is -2.16. The smallest absolute Gasteiger partial charge is 0.166 e. The maximum absolute atomic E-state index is 12.9. The lowest BCUT2D eigenvalue weighted by Crippen LogP contribution is -2.21. The van der Waals surface area contributed by atoms with Crippen molar-refractivity contribution in [2.24, 2.45) is 0 Å². The third kappa shape index (κ3) is 4.37. The monoisotopic (exact) mass is 358 g/mol. The molecule has 0 spiro atoms. The van der Waals surface area contributed by atoms with Crippen molar-refractivity contribution in [3.05, 3.63) is 59.7 Å². The molecule has 0 saturated carbocycles. The Morgan fingerprint density at radius 2 is 0.909 bits per heavy atom. The van der Waals surface area contributed by atoms with Gasteiger partial charge < -0.3 is 0 Å². The van der Waals surface area contributed by atoms with Crippen molar-refractivity contribution >= 4 is 31.6 Å². The predicted molar refractivity (Wildman–Crippen MR) is 77.7 cm³/mol. The summed E-state index contributed by atoms with van der Waals surface area (Å²) in [5.74, 6) is 0. The van der Waals surface area contributed by atoms with Crippen molar-refractivity contribution in [3.63, 3.8) is 0 Å². The fourth-order valence-electron chi connectivity index (χ4n) is 1.82. The van der Waals surface area contributed by atoms with E-state index >= 15 is 0 Å². The second-order valence-corrected chi connectivity index (χ2v) is 5.54. The number of hydrogen-bond donors (Lipinski definition) is 0. The number of alkyl halides is 6. The summed E-state index contributed by atoms with van der Waals surface area (Å²) in [4.78, 5) is 0. The van der Waals surface area contributed by atoms with Crippen LogP contribution in [-0.2, 0) is 12.4 Å². The molecule has 0 aliphatic heterocycles. The summed E-state index contributed by atoms with van der Waals surface area (Å²) in [5, 5.41) is -0.302. The van der Waals surface area contributed by atoms with Crippen molar-refractivity contribution in [1.29, 1.82) is 0 Å². The SMILES string of the molecule is Cl.FC(F)(F)c1ccccc1Pc1ccccc1C(F)(F)F. The van der Waals surface area contributed by atoms with Crippen molar-refractivity contribution in [3.8, 4) is 0 Å². The summed E-state index contributed by atoms with van der Waals surface area (Å²) in [7, 11) is -0.719. The molecule has 0 unspecified atom stereocenters. The zero-order valence-electron chi connectivity index (χ0n) is 10.8. The molecule has 0 N–H and O–H groups in total. The van der Waals surface area contributed by atoms with Crippen LogP contribution in [0.15, 0.2) is 48.5 Å². The highest BCUT2D eigenvalue weighted by Gasteiger charge is 2.35. The van der Waals surface area contributed by atoms with Gasteiger partial charge in [0.2, 0.25) is 0 Å². The van der Waals surface area contributed by atoms with E-state index in [0.717, 1.165) is 12.1 Å². The average Bonchev–Trinajstić information content (AvgIpc) is 2.37. The lowest BCUT2D eigenvalue weighted by molar-refractivity contribution is -0.137. The van der Waals surface area contributed by atoms with E-state index in [2.05, 4.69) is 0 Å². The van der Waals surface area contributed by atoms with Crippen LogP contribution in [0.5, 0.6) is 0 Å². The molecule has 0 radical (unpaired) electrons. The molecule has 2 aromatic carbocycles. The summed E-state index contributed by atoms with van der Waals surface area (Å²) < 4.78 is 77.2. The Labute approximate surface area is 130 Å². The van der Waals surface area contributed by atoms with E-state index < -0.39 is 32.1 Å². The van der Waals surface area contributed by atoms with Crippen LogP contribution in [0, 0.1) is 0 Å². The van der Waals surface area contributed by atoms with Gasteiger partial charge in [-0.25, -0.2) is 0 Å². The highest BCUT2D eigenvalue weighted by Crippen LogP contribution is 2.34. The summed E-state index contributed by atoms with van der Waals surface area (Å²) in [6.45, 7) is 0. The molecule has 0 aliphatic rings. The van der Waals surface area contributed by atoms with Gasteiger partial charge in [0.15, 0.2) is 0 Å². The van der Waals surface area contributed by atoms with Crippen molar-refractivity contribution in [1.82, 2.24) is 0 Å². The molecule has 0 heterocycles. The Morgan fingerprint density at radius 1 is 0.591 bits per heavy atom.